The monoisotopic (exact) mass is 256 g/mol. The molecule has 1 heterocycles. The van der Waals surface area contributed by atoms with Crippen molar-refractivity contribution in [3.05, 3.63) is 29.0 Å². The molecule has 1 atom stereocenters. The van der Waals surface area contributed by atoms with Crippen molar-refractivity contribution >= 4 is 23.5 Å². The lowest BCUT2D eigenvalue weighted by molar-refractivity contribution is -0.137. The lowest BCUT2D eigenvalue weighted by atomic mass is 10.2. The lowest BCUT2D eigenvalue weighted by Crippen LogP contribution is -2.33. The van der Waals surface area contributed by atoms with Crippen LogP contribution in [0, 0.1) is 0 Å². The molecular weight excluding hydrogens is 244 g/mol. The summed E-state index contributed by atoms with van der Waals surface area (Å²) in [6.45, 7) is 1.74. The van der Waals surface area contributed by atoms with E-state index in [1.54, 1.807) is 25.1 Å². The molecule has 92 valence electrons. The fourth-order valence-corrected chi connectivity index (χ4v) is 1.41. The van der Waals surface area contributed by atoms with Crippen molar-refractivity contribution in [2.75, 3.05) is 0 Å². The van der Waals surface area contributed by atoms with Gasteiger partial charge >= 0.3 is 5.97 Å². The minimum absolute atomic E-state index is 0.0183. The summed E-state index contributed by atoms with van der Waals surface area (Å²) in [5.74, 6) is -1.24. The molecule has 0 aliphatic heterocycles. The van der Waals surface area contributed by atoms with Gasteiger partial charge in [0.05, 0.1) is 0 Å². The number of carbonyl (C=O) groups excluding carboxylic acids is 1. The number of nitrogens with zero attached hydrogens (tertiary/aromatic N) is 1. The van der Waals surface area contributed by atoms with Gasteiger partial charge in [-0.15, -0.1) is 0 Å². The van der Waals surface area contributed by atoms with Crippen LogP contribution < -0.4 is 5.32 Å². The molecule has 1 amide bonds. The van der Waals surface area contributed by atoms with E-state index in [2.05, 4.69) is 10.3 Å². The largest absolute Gasteiger partial charge is 0.481 e. The van der Waals surface area contributed by atoms with E-state index >= 15 is 0 Å². The van der Waals surface area contributed by atoms with E-state index < -0.39 is 5.97 Å². The van der Waals surface area contributed by atoms with Gasteiger partial charge in [-0.2, -0.15) is 0 Å². The maximum atomic E-state index is 11.7. The van der Waals surface area contributed by atoms with Crippen LogP contribution in [0.1, 0.15) is 30.3 Å². The Kier molecular flexibility index (Phi) is 4.90. The Bertz CT molecular complexity index is 423. The molecule has 0 radical (unpaired) electrons. The Morgan fingerprint density at radius 3 is 2.82 bits per heavy atom. The number of halogens is 1. The summed E-state index contributed by atoms with van der Waals surface area (Å²) in [6, 6.07) is 4.53. The van der Waals surface area contributed by atoms with E-state index in [9.17, 15) is 9.59 Å². The van der Waals surface area contributed by atoms with Crippen molar-refractivity contribution < 1.29 is 14.7 Å². The summed E-state index contributed by atoms with van der Waals surface area (Å²) in [4.78, 5) is 25.9. The van der Waals surface area contributed by atoms with Crippen LogP contribution in [0.25, 0.3) is 0 Å². The number of hydrogen-bond acceptors (Lipinski definition) is 3. The maximum absolute atomic E-state index is 11.7. The number of aliphatic carboxylic acids is 1. The minimum Gasteiger partial charge on any atom is -0.481 e. The molecule has 0 bridgehead atoms. The highest BCUT2D eigenvalue weighted by atomic mass is 35.5. The van der Waals surface area contributed by atoms with Crippen molar-refractivity contribution in [2.45, 2.75) is 25.8 Å². The second-order valence-electron chi connectivity index (χ2n) is 3.65. The van der Waals surface area contributed by atoms with Gasteiger partial charge in [0, 0.05) is 12.5 Å². The number of carbonyl (C=O) groups is 2. The second kappa shape index (κ2) is 6.20. The predicted molar refractivity (Wildman–Crippen MR) is 63.0 cm³/mol. The topological polar surface area (TPSA) is 79.3 Å². The Labute approximate surface area is 104 Å². The van der Waals surface area contributed by atoms with E-state index in [0.717, 1.165) is 0 Å². The number of nitrogens with one attached hydrogen (secondary N) is 1. The fourth-order valence-electron chi connectivity index (χ4n) is 1.24. The second-order valence-corrected chi connectivity index (χ2v) is 4.04. The average Bonchev–Trinajstić information content (AvgIpc) is 2.26. The zero-order valence-corrected chi connectivity index (χ0v) is 10.1. The summed E-state index contributed by atoms with van der Waals surface area (Å²) in [7, 11) is 0. The van der Waals surface area contributed by atoms with E-state index in [4.69, 9.17) is 16.7 Å². The van der Waals surface area contributed by atoms with Crippen molar-refractivity contribution in [3.63, 3.8) is 0 Å². The van der Waals surface area contributed by atoms with Gasteiger partial charge in [-0.3, -0.25) is 9.59 Å². The van der Waals surface area contributed by atoms with E-state index in [1.165, 1.54) is 0 Å². The van der Waals surface area contributed by atoms with E-state index in [0.29, 0.717) is 6.42 Å². The van der Waals surface area contributed by atoms with Crippen molar-refractivity contribution in [1.29, 1.82) is 0 Å². The number of hydrogen-bond donors (Lipinski definition) is 2. The third-order valence-corrected chi connectivity index (χ3v) is 2.33. The van der Waals surface area contributed by atoms with Crippen LogP contribution in [-0.2, 0) is 4.79 Å². The summed E-state index contributed by atoms with van der Waals surface area (Å²) >= 11 is 5.66. The van der Waals surface area contributed by atoms with Crippen LogP contribution in [0.2, 0.25) is 5.15 Å². The zero-order valence-electron chi connectivity index (χ0n) is 9.31. The molecule has 0 aliphatic carbocycles. The van der Waals surface area contributed by atoms with Crippen LogP contribution in [0.5, 0.6) is 0 Å². The van der Waals surface area contributed by atoms with Gasteiger partial charge < -0.3 is 10.4 Å². The van der Waals surface area contributed by atoms with E-state index in [1.807, 2.05) is 0 Å². The Morgan fingerprint density at radius 1 is 1.53 bits per heavy atom. The summed E-state index contributed by atoms with van der Waals surface area (Å²) in [5.41, 5.74) is 0.222. The Balaban J connectivity index is 2.51. The molecule has 1 unspecified atom stereocenters. The first-order chi connectivity index (χ1) is 7.99. The predicted octanol–water partition coefficient (Wildman–Crippen LogP) is 1.72. The molecule has 17 heavy (non-hydrogen) atoms. The number of aromatic nitrogens is 1. The molecule has 1 rings (SSSR count). The molecule has 1 aromatic heterocycles. The lowest BCUT2D eigenvalue weighted by Gasteiger charge is -2.12. The summed E-state index contributed by atoms with van der Waals surface area (Å²) in [6.07, 6.45) is 0.395. The molecule has 0 fully saturated rings. The molecule has 0 aromatic carbocycles. The molecule has 5 nitrogen and oxygen atoms in total. The maximum Gasteiger partial charge on any atom is 0.303 e. The molecule has 0 spiro atoms. The first-order valence-corrected chi connectivity index (χ1v) is 5.52. The Hall–Kier alpha value is -1.62. The van der Waals surface area contributed by atoms with Gasteiger partial charge in [-0.25, -0.2) is 4.98 Å². The highest BCUT2D eigenvalue weighted by Crippen LogP contribution is 2.05. The van der Waals surface area contributed by atoms with Crippen molar-refractivity contribution in [3.8, 4) is 0 Å². The Morgan fingerprint density at radius 2 is 2.24 bits per heavy atom. The van der Waals surface area contributed by atoms with E-state index in [-0.39, 0.29) is 29.2 Å². The minimum atomic E-state index is -0.882. The first kappa shape index (κ1) is 13.4. The van der Waals surface area contributed by atoms with Crippen LogP contribution in [0.3, 0.4) is 0 Å². The third-order valence-electron chi connectivity index (χ3n) is 2.12. The first-order valence-electron chi connectivity index (χ1n) is 5.14. The van der Waals surface area contributed by atoms with Gasteiger partial charge in [0.15, 0.2) is 0 Å². The van der Waals surface area contributed by atoms with Crippen LogP contribution >= 0.6 is 11.6 Å². The number of amides is 1. The highest BCUT2D eigenvalue weighted by Gasteiger charge is 2.12. The number of carboxylic acid groups (broad SMARTS) is 1. The standard InChI is InChI=1S/C11H13ClN2O3/c1-7(5-6-10(15)16)13-11(17)8-3-2-4-9(12)14-8/h2-4,7H,5-6H2,1H3,(H,13,17)(H,15,16). The van der Waals surface area contributed by atoms with Crippen molar-refractivity contribution in [1.82, 2.24) is 10.3 Å². The average molecular weight is 257 g/mol. The molecule has 2 N–H and O–H groups in total. The van der Waals surface area contributed by atoms with Crippen LogP contribution in [0.4, 0.5) is 0 Å². The molecule has 0 saturated heterocycles. The smallest absolute Gasteiger partial charge is 0.303 e. The fraction of sp³-hybridized carbons (Fsp3) is 0.364. The van der Waals surface area contributed by atoms with Crippen molar-refractivity contribution in [2.24, 2.45) is 0 Å². The molecular formula is C11H13ClN2O3. The van der Waals surface area contributed by atoms with Gasteiger partial charge in [0.2, 0.25) is 0 Å². The molecule has 6 heteroatoms. The molecule has 0 aliphatic rings. The highest BCUT2D eigenvalue weighted by molar-refractivity contribution is 6.29. The third kappa shape index (κ3) is 4.82. The molecule has 0 saturated carbocycles. The summed E-state index contributed by atoms with van der Waals surface area (Å²) < 4.78 is 0. The number of pyridine rings is 1. The summed E-state index contributed by atoms with van der Waals surface area (Å²) in [5, 5.41) is 11.4. The van der Waals surface area contributed by atoms with Crippen LogP contribution in [-0.4, -0.2) is 28.0 Å². The van der Waals surface area contributed by atoms with Crippen LogP contribution in [0.15, 0.2) is 18.2 Å². The zero-order chi connectivity index (χ0) is 12.8. The van der Waals surface area contributed by atoms with Gasteiger partial charge in [0.1, 0.15) is 10.8 Å². The number of carboxylic acids is 1. The van der Waals surface area contributed by atoms with Gasteiger partial charge in [-0.1, -0.05) is 17.7 Å². The van der Waals surface area contributed by atoms with Gasteiger partial charge in [-0.05, 0) is 25.5 Å². The van der Waals surface area contributed by atoms with Gasteiger partial charge in [0.25, 0.3) is 5.91 Å². The molecule has 1 aromatic rings. The SMILES string of the molecule is CC(CCC(=O)O)NC(=O)c1cccc(Cl)n1. The number of rotatable bonds is 5. The normalized spacial score (nSPS) is 11.9. The quantitative estimate of drug-likeness (QED) is 0.786.